The van der Waals surface area contributed by atoms with Crippen LogP contribution in [0.2, 0.25) is 0 Å². The molecule has 4 nitrogen and oxygen atoms in total. The maximum absolute atomic E-state index is 14.6. The van der Waals surface area contributed by atoms with Gasteiger partial charge in [-0.25, -0.2) is 18.7 Å². The summed E-state index contributed by atoms with van der Waals surface area (Å²) >= 11 is 2.60. The summed E-state index contributed by atoms with van der Waals surface area (Å²) in [5, 5.41) is 1.15. The lowest BCUT2D eigenvalue weighted by Gasteiger charge is -2.05. The van der Waals surface area contributed by atoms with Crippen LogP contribution in [0.25, 0.3) is 21.1 Å². The molecule has 32 heavy (non-hydrogen) atoms. The van der Waals surface area contributed by atoms with Crippen LogP contribution in [0.3, 0.4) is 0 Å². The van der Waals surface area contributed by atoms with Gasteiger partial charge in [0.05, 0.1) is 23.0 Å². The molecule has 2 heterocycles. The van der Waals surface area contributed by atoms with E-state index in [-0.39, 0.29) is 17.6 Å². The molecule has 2 aromatic heterocycles. The predicted molar refractivity (Wildman–Crippen MR) is 121 cm³/mol. The van der Waals surface area contributed by atoms with Crippen molar-refractivity contribution in [3.63, 3.8) is 0 Å². The van der Waals surface area contributed by atoms with Crippen LogP contribution in [0.4, 0.5) is 8.78 Å². The molecule has 5 rings (SSSR count). The normalized spacial score (nSPS) is 17.4. The van der Waals surface area contributed by atoms with Crippen LogP contribution < -0.4 is 0 Å². The second kappa shape index (κ2) is 8.97. The molecule has 1 aliphatic rings. The van der Waals surface area contributed by atoms with Crippen molar-refractivity contribution in [3.8, 4) is 21.1 Å². The standard InChI is InChI=1S/C24H18F2N2O2S2/c25-21-4-2-1-3-18(21)23-28-10-17(32-23)13-30-12-15-7-20(15)14-5-6-19(22(26)8-14)24-27-9-16(11-29)31-24/h1-6,8-11,15,20H,7,12-13H2/t15?,20-/m1/s1. The summed E-state index contributed by atoms with van der Waals surface area (Å²) in [7, 11) is 0. The van der Waals surface area contributed by atoms with Gasteiger partial charge >= 0.3 is 0 Å². The van der Waals surface area contributed by atoms with Gasteiger partial charge in [0.15, 0.2) is 6.29 Å². The van der Waals surface area contributed by atoms with Crippen LogP contribution in [0.5, 0.6) is 0 Å². The Balaban J connectivity index is 1.15. The Morgan fingerprint density at radius 3 is 2.56 bits per heavy atom. The number of aromatic nitrogens is 2. The number of ether oxygens (including phenoxy) is 1. The van der Waals surface area contributed by atoms with E-state index in [0.717, 1.165) is 23.1 Å². The van der Waals surface area contributed by atoms with Crippen molar-refractivity contribution in [2.75, 3.05) is 6.61 Å². The summed E-state index contributed by atoms with van der Waals surface area (Å²) in [5.74, 6) is 0.00943. The monoisotopic (exact) mass is 468 g/mol. The predicted octanol–water partition coefficient (Wildman–Crippen LogP) is 6.34. The zero-order valence-electron chi connectivity index (χ0n) is 16.8. The van der Waals surface area contributed by atoms with Crippen LogP contribution >= 0.6 is 22.7 Å². The van der Waals surface area contributed by atoms with Gasteiger partial charge < -0.3 is 4.74 Å². The number of halogens is 2. The summed E-state index contributed by atoms with van der Waals surface area (Å²) in [4.78, 5) is 20.7. The van der Waals surface area contributed by atoms with E-state index in [9.17, 15) is 13.6 Å². The third-order valence-electron chi connectivity index (χ3n) is 5.45. The number of nitrogens with zero attached hydrogens (tertiary/aromatic N) is 2. The highest BCUT2D eigenvalue weighted by Gasteiger charge is 2.38. The van der Waals surface area contributed by atoms with Gasteiger partial charge in [-0.3, -0.25) is 4.79 Å². The minimum atomic E-state index is -0.328. The smallest absolute Gasteiger partial charge is 0.161 e. The molecule has 162 valence electrons. The number of aldehydes is 1. The minimum absolute atomic E-state index is 0.274. The van der Waals surface area contributed by atoms with Crippen molar-refractivity contribution < 1.29 is 18.3 Å². The maximum atomic E-state index is 14.6. The molecule has 4 aromatic rings. The van der Waals surface area contributed by atoms with Crippen molar-refractivity contribution in [2.45, 2.75) is 18.9 Å². The number of hydrogen-bond donors (Lipinski definition) is 0. The first-order chi connectivity index (χ1) is 15.6. The Hall–Kier alpha value is -2.81. The van der Waals surface area contributed by atoms with E-state index < -0.39 is 0 Å². The average Bonchev–Trinajstić information content (AvgIpc) is 3.18. The van der Waals surface area contributed by atoms with E-state index in [1.807, 2.05) is 6.07 Å². The Labute approximate surface area is 191 Å². The van der Waals surface area contributed by atoms with Gasteiger partial charge in [0, 0.05) is 23.5 Å². The third-order valence-corrected chi connectivity index (χ3v) is 7.41. The van der Waals surface area contributed by atoms with Gasteiger partial charge in [0.25, 0.3) is 0 Å². The molecule has 0 radical (unpaired) electrons. The lowest BCUT2D eigenvalue weighted by atomic mass is 10.1. The molecule has 0 amide bonds. The van der Waals surface area contributed by atoms with Crippen LogP contribution in [-0.2, 0) is 11.3 Å². The molecule has 0 N–H and O–H groups in total. The second-order valence-electron chi connectivity index (χ2n) is 7.65. The van der Waals surface area contributed by atoms with E-state index in [4.69, 9.17) is 4.74 Å². The first-order valence-corrected chi connectivity index (χ1v) is 11.7. The molecule has 1 aliphatic carbocycles. The molecule has 2 aromatic carbocycles. The Kier molecular flexibility index (Phi) is 5.91. The highest BCUT2D eigenvalue weighted by molar-refractivity contribution is 7.16. The zero-order chi connectivity index (χ0) is 22.1. The molecular formula is C24H18F2N2O2S2. The number of benzene rings is 2. The molecule has 0 aliphatic heterocycles. The average molecular weight is 469 g/mol. The fourth-order valence-corrected chi connectivity index (χ4v) is 5.32. The number of hydrogen-bond acceptors (Lipinski definition) is 6. The fourth-order valence-electron chi connectivity index (χ4n) is 3.69. The van der Waals surface area contributed by atoms with Gasteiger partial charge in [-0.15, -0.1) is 22.7 Å². The van der Waals surface area contributed by atoms with Gasteiger partial charge in [0.2, 0.25) is 0 Å². The van der Waals surface area contributed by atoms with Crippen LogP contribution in [-0.4, -0.2) is 22.9 Å². The summed E-state index contributed by atoms with van der Waals surface area (Å²) in [5.41, 5.74) is 1.86. The highest BCUT2D eigenvalue weighted by Crippen LogP contribution is 2.48. The largest absolute Gasteiger partial charge is 0.376 e. The molecule has 0 saturated heterocycles. The summed E-state index contributed by atoms with van der Waals surface area (Å²) in [6, 6.07) is 11.8. The second-order valence-corrected chi connectivity index (χ2v) is 9.83. The first-order valence-electron chi connectivity index (χ1n) is 10.1. The van der Waals surface area contributed by atoms with Crippen molar-refractivity contribution in [1.82, 2.24) is 9.97 Å². The molecule has 1 unspecified atom stereocenters. The molecule has 8 heteroatoms. The van der Waals surface area contributed by atoms with E-state index in [0.29, 0.717) is 45.2 Å². The first kappa shape index (κ1) is 21.1. The number of rotatable bonds is 8. The zero-order valence-corrected chi connectivity index (χ0v) is 18.5. The molecular weight excluding hydrogens is 450 g/mol. The lowest BCUT2D eigenvalue weighted by Crippen LogP contribution is -1.98. The SMILES string of the molecule is O=Cc1cnc(-c2ccc([C@H]3CC3COCc3cnc(-c4ccccc4F)s3)cc2F)s1. The van der Waals surface area contributed by atoms with Crippen molar-refractivity contribution in [3.05, 3.63) is 81.8 Å². The summed E-state index contributed by atoms with van der Waals surface area (Å²) < 4.78 is 34.4. The number of carbonyl (C=O) groups excluding carboxylic acids is 1. The Morgan fingerprint density at radius 2 is 1.78 bits per heavy atom. The van der Waals surface area contributed by atoms with E-state index in [1.54, 1.807) is 36.5 Å². The van der Waals surface area contributed by atoms with E-state index in [2.05, 4.69) is 9.97 Å². The molecule has 1 saturated carbocycles. The van der Waals surface area contributed by atoms with Gasteiger partial charge in [0.1, 0.15) is 21.6 Å². The molecule has 1 fully saturated rings. The Bertz CT molecular complexity index is 1270. The van der Waals surface area contributed by atoms with Gasteiger partial charge in [-0.05, 0) is 48.1 Å². The lowest BCUT2D eigenvalue weighted by molar-refractivity contribution is 0.112. The summed E-state index contributed by atoms with van der Waals surface area (Å²) in [6.45, 7) is 1.00. The van der Waals surface area contributed by atoms with E-state index in [1.165, 1.54) is 34.9 Å². The van der Waals surface area contributed by atoms with Crippen LogP contribution in [0.15, 0.2) is 54.9 Å². The number of thiazole rings is 2. The van der Waals surface area contributed by atoms with Crippen LogP contribution in [0, 0.1) is 17.6 Å². The highest BCUT2D eigenvalue weighted by atomic mass is 32.1. The van der Waals surface area contributed by atoms with E-state index >= 15 is 0 Å². The maximum Gasteiger partial charge on any atom is 0.161 e. The topological polar surface area (TPSA) is 52.1 Å². The fraction of sp³-hybridized carbons (Fsp3) is 0.208. The minimum Gasteiger partial charge on any atom is -0.376 e. The quantitative estimate of drug-likeness (QED) is 0.283. The molecule has 0 spiro atoms. The Morgan fingerprint density at radius 1 is 1.00 bits per heavy atom. The molecule has 2 atom stereocenters. The molecule has 0 bridgehead atoms. The summed E-state index contributed by atoms with van der Waals surface area (Å²) in [6.07, 6.45) is 4.85. The van der Waals surface area contributed by atoms with Gasteiger partial charge in [-0.1, -0.05) is 18.2 Å². The van der Waals surface area contributed by atoms with Crippen LogP contribution in [0.1, 0.15) is 32.5 Å². The van der Waals surface area contributed by atoms with Crippen molar-refractivity contribution >= 4 is 29.0 Å². The third kappa shape index (κ3) is 4.39. The van der Waals surface area contributed by atoms with Crippen molar-refractivity contribution in [2.24, 2.45) is 5.92 Å². The van der Waals surface area contributed by atoms with Crippen molar-refractivity contribution in [1.29, 1.82) is 0 Å². The van der Waals surface area contributed by atoms with Gasteiger partial charge in [-0.2, -0.15) is 0 Å². The number of carbonyl (C=O) groups is 1.